The molecule has 0 unspecified atom stereocenters. The molecule has 0 aromatic heterocycles. The number of amides is 1. The van der Waals surface area contributed by atoms with Crippen molar-refractivity contribution in [3.63, 3.8) is 0 Å². The van der Waals surface area contributed by atoms with Crippen molar-refractivity contribution in [1.29, 1.82) is 0 Å². The summed E-state index contributed by atoms with van der Waals surface area (Å²) in [4.78, 5) is 23.1. The highest BCUT2D eigenvalue weighted by Crippen LogP contribution is 2.20. The van der Waals surface area contributed by atoms with E-state index in [-0.39, 0.29) is 16.1 Å². The summed E-state index contributed by atoms with van der Waals surface area (Å²) in [6.07, 6.45) is -1.10. The van der Waals surface area contributed by atoms with Crippen molar-refractivity contribution in [2.75, 3.05) is 11.3 Å². The maximum Gasteiger partial charge on any atom is 0.338 e. The van der Waals surface area contributed by atoms with Crippen molar-refractivity contribution in [1.82, 2.24) is 0 Å². The highest BCUT2D eigenvalue weighted by molar-refractivity contribution is 7.92. The van der Waals surface area contributed by atoms with Crippen LogP contribution in [0.25, 0.3) is 0 Å². The molecule has 0 saturated heterocycles. The van der Waals surface area contributed by atoms with E-state index in [0.717, 1.165) is 0 Å². The van der Waals surface area contributed by atoms with Crippen molar-refractivity contribution >= 4 is 27.6 Å². The van der Waals surface area contributed by atoms with Gasteiger partial charge in [-0.1, -0.05) is 6.07 Å². The van der Waals surface area contributed by atoms with Gasteiger partial charge in [0.2, 0.25) is 0 Å². The lowest BCUT2D eigenvalue weighted by Crippen LogP contribution is -2.30. The molecule has 0 aliphatic rings. The normalized spacial score (nSPS) is 12.1. The van der Waals surface area contributed by atoms with Crippen LogP contribution in [0.15, 0.2) is 53.4 Å². The van der Waals surface area contributed by atoms with Gasteiger partial charge in [0.1, 0.15) is 5.75 Å². The standard InChI is InChI=1S/C18H20N2O6S/c1-3-25-15-7-9-16(10-8-15)27(23,24)20-14-6-4-5-13(11-14)18(22)26-12(2)17(19)21/h4-12,20H,3H2,1-2H3,(H2,19,21)/t12-/m0/s1. The summed E-state index contributed by atoms with van der Waals surface area (Å²) < 4.78 is 37.6. The minimum atomic E-state index is -3.86. The average molecular weight is 392 g/mol. The van der Waals surface area contributed by atoms with Gasteiger partial charge in [0.15, 0.2) is 6.10 Å². The van der Waals surface area contributed by atoms with Crippen LogP contribution in [-0.4, -0.2) is 33.0 Å². The first-order valence-electron chi connectivity index (χ1n) is 8.09. The van der Waals surface area contributed by atoms with Gasteiger partial charge in [-0.25, -0.2) is 13.2 Å². The molecule has 144 valence electrons. The van der Waals surface area contributed by atoms with E-state index >= 15 is 0 Å². The van der Waals surface area contributed by atoms with Gasteiger partial charge >= 0.3 is 5.97 Å². The number of hydrogen-bond acceptors (Lipinski definition) is 6. The van der Waals surface area contributed by atoms with Crippen LogP contribution in [0.5, 0.6) is 5.75 Å². The third-order valence-corrected chi connectivity index (χ3v) is 4.88. The third-order valence-electron chi connectivity index (χ3n) is 3.48. The lowest BCUT2D eigenvalue weighted by Gasteiger charge is -2.12. The minimum absolute atomic E-state index is 0.0429. The number of hydrogen-bond donors (Lipinski definition) is 2. The van der Waals surface area contributed by atoms with E-state index in [9.17, 15) is 18.0 Å². The number of nitrogens with two attached hydrogens (primary N) is 1. The Balaban J connectivity index is 2.16. The molecule has 0 saturated carbocycles. The first-order valence-corrected chi connectivity index (χ1v) is 9.57. The van der Waals surface area contributed by atoms with Gasteiger partial charge in [-0.2, -0.15) is 0 Å². The summed E-state index contributed by atoms with van der Waals surface area (Å²) in [5, 5.41) is 0. The average Bonchev–Trinajstić information content (AvgIpc) is 2.62. The summed E-state index contributed by atoms with van der Waals surface area (Å²) in [6.45, 7) is 3.65. The lowest BCUT2D eigenvalue weighted by atomic mass is 10.2. The quantitative estimate of drug-likeness (QED) is 0.661. The Morgan fingerprint density at radius 3 is 2.41 bits per heavy atom. The third kappa shape index (κ3) is 5.45. The maximum atomic E-state index is 12.5. The van der Waals surface area contributed by atoms with Crippen LogP contribution in [0.3, 0.4) is 0 Å². The number of benzene rings is 2. The zero-order valence-electron chi connectivity index (χ0n) is 14.8. The Morgan fingerprint density at radius 2 is 1.81 bits per heavy atom. The molecule has 9 heteroatoms. The zero-order valence-corrected chi connectivity index (χ0v) is 15.7. The van der Waals surface area contributed by atoms with E-state index in [2.05, 4.69) is 4.72 Å². The van der Waals surface area contributed by atoms with E-state index in [0.29, 0.717) is 12.4 Å². The van der Waals surface area contributed by atoms with E-state index in [1.165, 1.54) is 43.3 Å². The number of nitrogens with one attached hydrogen (secondary N) is 1. The Labute approximate surface area is 157 Å². The first kappa shape index (κ1) is 20.2. The molecule has 2 aromatic rings. The number of sulfonamides is 1. The second-order valence-electron chi connectivity index (χ2n) is 5.54. The topological polar surface area (TPSA) is 125 Å². The molecule has 0 aliphatic carbocycles. The fourth-order valence-electron chi connectivity index (χ4n) is 2.09. The smallest absolute Gasteiger partial charge is 0.338 e. The maximum absolute atomic E-state index is 12.5. The molecule has 0 fully saturated rings. The minimum Gasteiger partial charge on any atom is -0.494 e. The van der Waals surface area contributed by atoms with Crippen LogP contribution in [0.2, 0.25) is 0 Å². The van der Waals surface area contributed by atoms with Gasteiger partial charge in [-0.15, -0.1) is 0 Å². The highest BCUT2D eigenvalue weighted by Gasteiger charge is 2.18. The van der Waals surface area contributed by atoms with Gasteiger partial charge in [-0.3, -0.25) is 9.52 Å². The molecular formula is C18H20N2O6S. The molecule has 0 spiro atoms. The number of anilines is 1. The molecule has 2 aromatic carbocycles. The predicted octanol–water partition coefficient (Wildman–Crippen LogP) is 1.92. The molecule has 0 bridgehead atoms. The summed E-state index contributed by atoms with van der Waals surface area (Å²) in [5.41, 5.74) is 5.30. The fraction of sp³-hybridized carbons (Fsp3) is 0.222. The molecule has 0 radical (unpaired) electrons. The fourth-order valence-corrected chi connectivity index (χ4v) is 3.14. The summed E-state index contributed by atoms with van der Waals surface area (Å²) >= 11 is 0. The monoisotopic (exact) mass is 392 g/mol. The number of carbonyl (C=O) groups excluding carboxylic acids is 2. The number of rotatable bonds is 8. The van der Waals surface area contributed by atoms with Gasteiger partial charge in [0.25, 0.3) is 15.9 Å². The van der Waals surface area contributed by atoms with Crippen LogP contribution in [0.1, 0.15) is 24.2 Å². The van der Waals surface area contributed by atoms with E-state index in [4.69, 9.17) is 15.2 Å². The zero-order chi connectivity index (χ0) is 20.0. The van der Waals surface area contributed by atoms with E-state index in [1.54, 1.807) is 12.1 Å². The van der Waals surface area contributed by atoms with Crippen LogP contribution in [0.4, 0.5) is 5.69 Å². The molecule has 1 atom stereocenters. The van der Waals surface area contributed by atoms with Crippen molar-refractivity contribution in [3.05, 3.63) is 54.1 Å². The van der Waals surface area contributed by atoms with Crippen molar-refractivity contribution in [2.24, 2.45) is 5.73 Å². The second-order valence-corrected chi connectivity index (χ2v) is 7.22. The first-order chi connectivity index (χ1) is 12.7. The van der Waals surface area contributed by atoms with Gasteiger partial charge < -0.3 is 15.2 Å². The summed E-state index contributed by atoms with van der Waals surface area (Å²) in [7, 11) is -3.86. The largest absolute Gasteiger partial charge is 0.494 e. The Hall–Kier alpha value is -3.07. The summed E-state index contributed by atoms with van der Waals surface area (Å²) in [6, 6.07) is 11.7. The predicted molar refractivity (Wildman–Crippen MR) is 98.9 cm³/mol. The lowest BCUT2D eigenvalue weighted by molar-refractivity contribution is -0.125. The molecule has 1 amide bonds. The van der Waals surface area contributed by atoms with E-state index < -0.39 is 28.0 Å². The number of esters is 1. The Kier molecular flexibility index (Phi) is 6.40. The van der Waals surface area contributed by atoms with Crippen LogP contribution < -0.4 is 15.2 Å². The Morgan fingerprint density at radius 1 is 1.15 bits per heavy atom. The molecule has 0 heterocycles. The number of primary amides is 1. The molecule has 3 N–H and O–H groups in total. The SMILES string of the molecule is CCOc1ccc(S(=O)(=O)Nc2cccc(C(=O)O[C@@H](C)C(N)=O)c2)cc1. The second kappa shape index (κ2) is 8.54. The van der Waals surface area contributed by atoms with E-state index in [1.807, 2.05) is 6.92 Å². The van der Waals surface area contributed by atoms with Gasteiger partial charge in [0, 0.05) is 5.69 Å². The molecule has 8 nitrogen and oxygen atoms in total. The van der Waals surface area contributed by atoms with Crippen LogP contribution >= 0.6 is 0 Å². The number of ether oxygens (including phenoxy) is 2. The van der Waals surface area contributed by atoms with Crippen LogP contribution in [-0.2, 0) is 19.6 Å². The molecule has 2 rings (SSSR count). The highest BCUT2D eigenvalue weighted by atomic mass is 32.2. The van der Waals surface area contributed by atoms with Crippen LogP contribution in [0, 0.1) is 0 Å². The Bertz CT molecular complexity index is 925. The van der Waals surface area contributed by atoms with Gasteiger partial charge in [-0.05, 0) is 56.3 Å². The van der Waals surface area contributed by atoms with Crippen molar-refractivity contribution in [3.8, 4) is 5.75 Å². The molecule has 27 heavy (non-hydrogen) atoms. The van der Waals surface area contributed by atoms with Crippen molar-refractivity contribution < 1.29 is 27.5 Å². The number of carbonyl (C=O) groups is 2. The summed E-state index contributed by atoms with van der Waals surface area (Å²) in [5.74, 6) is -1.01. The molecule has 0 aliphatic heterocycles. The molecular weight excluding hydrogens is 372 g/mol. The van der Waals surface area contributed by atoms with Gasteiger partial charge in [0.05, 0.1) is 17.1 Å². The van der Waals surface area contributed by atoms with Crippen molar-refractivity contribution in [2.45, 2.75) is 24.8 Å².